The van der Waals surface area contributed by atoms with E-state index in [0.717, 1.165) is 32.6 Å². The summed E-state index contributed by atoms with van der Waals surface area (Å²) in [4.78, 5) is 27.6. The Balaban J connectivity index is 1.99. The van der Waals surface area contributed by atoms with Crippen LogP contribution in [-0.2, 0) is 4.74 Å². The summed E-state index contributed by atoms with van der Waals surface area (Å²) in [6.07, 6.45) is 0.817. The lowest BCUT2D eigenvalue weighted by Crippen LogP contribution is -2.50. The molecule has 1 aromatic carbocycles. The third-order valence-electron chi connectivity index (χ3n) is 3.53. The summed E-state index contributed by atoms with van der Waals surface area (Å²) in [5.74, 6) is 0. The molecule has 1 aromatic rings. The van der Waals surface area contributed by atoms with Crippen LogP contribution < -0.4 is 21.1 Å². The Labute approximate surface area is 112 Å². The normalized spacial score (nSPS) is 17.1. The van der Waals surface area contributed by atoms with E-state index < -0.39 is 0 Å². The molecule has 0 aromatic heterocycles. The first kappa shape index (κ1) is 14.0. The second kappa shape index (κ2) is 6.16. The zero-order valence-electron chi connectivity index (χ0n) is 11.6. The van der Waals surface area contributed by atoms with Crippen LogP contribution in [0.3, 0.4) is 0 Å². The van der Waals surface area contributed by atoms with Gasteiger partial charge in [-0.3, -0.25) is 9.59 Å². The molecule has 0 saturated carbocycles. The fourth-order valence-electron chi connectivity index (χ4n) is 2.31. The monoisotopic (exact) mass is 267 g/mol. The van der Waals surface area contributed by atoms with Crippen molar-refractivity contribution >= 4 is 11.4 Å². The number of nitrogens with zero attached hydrogens (tertiary/aromatic N) is 2. The van der Waals surface area contributed by atoms with Crippen LogP contribution in [0.5, 0.6) is 0 Å². The van der Waals surface area contributed by atoms with E-state index in [1.54, 1.807) is 7.11 Å². The van der Waals surface area contributed by atoms with Gasteiger partial charge in [-0.05, 0) is 13.5 Å². The number of piperazine rings is 1. The topological polar surface area (TPSA) is 61.9 Å². The lowest BCUT2D eigenvalue weighted by atomic mass is 10.1. The molecule has 1 N–H and O–H groups in total. The molecule has 6 heteroatoms. The van der Waals surface area contributed by atoms with Crippen molar-refractivity contribution in [3.05, 3.63) is 20.4 Å². The van der Waals surface area contributed by atoms with Crippen LogP contribution in [0, 0.1) is 0 Å². The smallest absolute Gasteiger partial charge is 0.253 e. The van der Waals surface area contributed by atoms with Gasteiger partial charge >= 0.3 is 0 Å². The Morgan fingerprint density at radius 1 is 1.16 bits per heavy atom. The minimum atomic E-state index is -0.383. The van der Waals surface area contributed by atoms with Crippen LogP contribution in [0.1, 0.15) is 6.42 Å². The molecule has 0 unspecified atom stereocenters. The third-order valence-corrected chi connectivity index (χ3v) is 3.53. The van der Waals surface area contributed by atoms with Crippen molar-refractivity contribution in [2.75, 3.05) is 63.7 Å². The Bertz CT molecular complexity index is 485. The van der Waals surface area contributed by atoms with Gasteiger partial charge < -0.3 is 19.9 Å². The van der Waals surface area contributed by atoms with Gasteiger partial charge in [0.2, 0.25) is 0 Å². The Morgan fingerprint density at radius 2 is 1.84 bits per heavy atom. The highest BCUT2D eigenvalue weighted by atomic mass is 16.5. The number of nitrogens with one attached hydrogen (secondary N) is 1. The van der Waals surface area contributed by atoms with E-state index in [4.69, 9.17) is 4.74 Å². The molecule has 0 radical (unpaired) electrons. The number of rotatable bonds is 6. The second-order valence-corrected chi connectivity index (χ2v) is 4.95. The molecule has 19 heavy (non-hydrogen) atoms. The Kier molecular flexibility index (Phi) is 4.55. The fraction of sp³-hybridized carbons (Fsp3) is 0.692. The van der Waals surface area contributed by atoms with Gasteiger partial charge in [-0.1, -0.05) is 0 Å². The lowest BCUT2D eigenvalue weighted by molar-refractivity contribution is 0.198. The molecule has 1 aliphatic rings. The largest absolute Gasteiger partial charge is 0.385 e. The first-order chi connectivity index (χ1) is 9.15. The van der Waals surface area contributed by atoms with Crippen LogP contribution in [0.4, 0.5) is 11.4 Å². The van der Waals surface area contributed by atoms with Crippen LogP contribution in [0.2, 0.25) is 0 Å². The van der Waals surface area contributed by atoms with E-state index >= 15 is 0 Å². The number of hydrogen-bond donors (Lipinski definition) is 1. The minimum Gasteiger partial charge on any atom is -0.385 e. The maximum Gasteiger partial charge on any atom is 0.253 e. The van der Waals surface area contributed by atoms with E-state index in [1.807, 2.05) is 4.90 Å². The highest BCUT2D eigenvalue weighted by Crippen LogP contribution is 2.21. The van der Waals surface area contributed by atoms with E-state index in [1.165, 1.54) is 0 Å². The van der Waals surface area contributed by atoms with Gasteiger partial charge in [0.1, 0.15) is 11.4 Å². The number of hydrogen-bond acceptors (Lipinski definition) is 6. The molecule has 1 aliphatic heterocycles. The summed E-state index contributed by atoms with van der Waals surface area (Å²) in [5.41, 5.74) is 0.339. The maximum atomic E-state index is 11.7. The first-order valence-corrected chi connectivity index (χ1v) is 6.64. The van der Waals surface area contributed by atoms with Crippen molar-refractivity contribution in [2.45, 2.75) is 6.42 Å². The molecule has 1 heterocycles. The van der Waals surface area contributed by atoms with E-state index in [0.29, 0.717) is 24.5 Å². The van der Waals surface area contributed by atoms with Gasteiger partial charge in [-0.15, -0.1) is 0 Å². The van der Waals surface area contributed by atoms with Crippen molar-refractivity contribution in [3.63, 3.8) is 0 Å². The molecule has 0 spiro atoms. The number of methoxy groups -OCH3 is 1. The molecule has 1 saturated heterocycles. The first-order valence-electron chi connectivity index (χ1n) is 6.64. The summed E-state index contributed by atoms with van der Waals surface area (Å²) in [6, 6.07) is 0. The second-order valence-electron chi connectivity index (χ2n) is 4.95. The van der Waals surface area contributed by atoms with E-state index in [9.17, 15) is 9.59 Å². The van der Waals surface area contributed by atoms with Crippen molar-refractivity contribution in [1.29, 1.82) is 0 Å². The predicted molar refractivity (Wildman–Crippen MR) is 76.0 cm³/mol. The lowest BCUT2D eigenvalue weighted by Gasteiger charge is -2.35. The van der Waals surface area contributed by atoms with Crippen LogP contribution >= 0.6 is 0 Å². The van der Waals surface area contributed by atoms with Gasteiger partial charge in [-0.2, -0.15) is 0 Å². The van der Waals surface area contributed by atoms with Gasteiger partial charge in [0.15, 0.2) is 0 Å². The molecular formula is C13H21N3O3. The number of ether oxygens (including phenoxy) is 1. The average Bonchev–Trinajstić information content (AvgIpc) is 2.43. The van der Waals surface area contributed by atoms with Gasteiger partial charge in [0.25, 0.3) is 10.9 Å². The Hall–Kier alpha value is -1.40. The molecule has 0 amide bonds. The quantitative estimate of drug-likeness (QED) is 0.553. The van der Waals surface area contributed by atoms with E-state index in [-0.39, 0.29) is 10.9 Å². The van der Waals surface area contributed by atoms with Crippen molar-refractivity contribution in [1.82, 2.24) is 4.90 Å². The maximum absolute atomic E-state index is 11.7. The molecule has 2 rings (SSSR count). The highest BCUT2D eigenvalue weighted by molar-refractivity contribution is 5.75. The van der Waals surface area contributed by atoms with E-state index in [2.05, 4.69) is 17.3 Å². The van der Waals surface area contributed by atoms with Gasteiger partial charge in [0, 0.05) is 46.4 Å². The summed E-state index contributed by atoms with van der Waals surface area (Å²) in [6.45, 7) is 4.73. The predicted octanol–water partition coefficient (Wildman–Crippen LogP) is -0.517. The average molecular weight is 267 g/mol. The summed E-state index contributed by atoms with van der Waals surface area (Å²) in [7, 11) is 3.70. The third kappa shape index (κ3) is 2.96. The zero-order valence-corrected chi connectivity index (χ0v) is 11.6. The highest BCUT2D eigenvalue weighted by Gasteiger charge is 2.27. The molecule has 0 aliphatic carbocycles. The molecule has 0 atom stereocenters. The van der Waals surface area contributed by atoms with Crippen LogP contribution in [0.15, 0.2) is 9.59 Å². The van der Waals surface area contributed by atoms with Gasteiger partial charge in [0.05, 0.1) is 0 Å². The molecule has 0 bridgehead atoms. The standard InChI is InChI=1S/C13H21N3O3/c1-15-5-7-16(8-6-15)11-10(12(17)13(11)18)14-4-3-9-19-2/h14H,3-9H2,1-2H3. The number of likely N-dealkylation sites (N-methyl/N-ethyl adjacent to an activating group) is 1. The van der Waals surface area contributed by atoms with Crippen molar-refractivity contribution in [2.24, 2.45) is 0 Å². The van der Waals surface area contributed by atoms with Crippen molar-refractivity contribution < 1.29 is 4.74 Å². The Morgan fingerprint density at radius 3 is 2.47 bits per heavy atom. The van der Waals surface area contributed by atoms with Crippen molar-refractivity contribution in [3.8, 4) is 0 Å². The zero-order chi connectivity index (χ0) is 13.8. The molecule has 6 nitrogen and oxygen atoms in total. The SMILES string of the molecule is COCCCNc1c(N2CCN(C)CC2)c(=O)c1=O. The molecule has 106 valence electrons. The number of anilines is 2. The molecular weight excluding hydrogens is 246 g/mol. The summed E-state index contributed by atoms with van der Waals surface area (Å²) < 4.78 is 4.95. The summed E-state index contributed by atoms with van der Waals surface area (Å²) >= 11 is 0. The van der Waals surface area contributed by atoms with Gasteiger partial charge in [-0.25, -0.2) is 0 Å². The molecule has 1 fully saturated rings. The minimum absolute atomic E-state index is 0.348. The summed E-state index contributed by atoms with van der Waals surface area (Å²) in [5, 5.41) is 3.07. The van der Waals surface area contributed by atoms with Crippen LogP contribution in [-0.4, -0.2) is 58.4 Å². The van der Waals surface area contributed by atoms with Crippen LogP contribution in [0.25, 0.3) is 0 Å². The fourth-order valence-corrected chi connectivity index (χ4v) is 2.31.